The van der Waals surface area contributed by atoms with Gasteiger partial charge in [-0.25, -0.2) is 4.79 Å². The van der Waals surface area contributed by atoms with Crippen LogP contribution < -0.4 is 5.32 Å². The zero-order chi connectivity index (χ0) is 26.6. The van der Waals surface area contributed by atoms with Gasteiger partial charge in [-0.2, -0.15) is 0 Å². The van der Waals surface area contributed by atoms with E-state index in [1.165, 1.54) is 24.8 Å². The zero-order valence-corrected chi connectivity index (χ0v) is 23.0. The molecule has 2 aliphatic carbocycles. The molecule has 3 aliphatic rings. The summed E-state index contributed by atoms with van der Waals surface area (Å²) in [7, 11) is 4.34. The van der Waals surface area contributed by atoms with E-state index < -0.39 is 0 Å². The topological polar surface area (TPSA) is 68.2 Å². The number of allylic oxidation sites excluding steroid dienone is 3. The van der Waals surface area contributed by atoms with E-state index in [-0.39, 0.29) is 29.6 Å². The maximum absolute atomic E-state index is 13.7. The fourth-order valence-electron chi connectivity index (χ4n) is 6.35. The first kappa shape index (κ1) is 27.1. The average Bonchev–Trinajstić information content (AvgIpc) is 3.11. The lowest BCUT2D eigenvalue weighted by Gasteiger charge is -2.51. The van der Waals surface area contributed by atoms with Crippen LogP contribution in [0.4, 0.5) is 4.79 Å². The van der Waals surface area contributed by atoms with E-state index >= 15 is 0 Å². The maximum Gasteiger partial charge on any atom is 0.321 e. The van der Waals surface area contributed by atoms with Crippen LogP contribution in [-0.4, -0.2) is 72.6 Å². The minimum atomic E-state index is -0.214. The summed E-state index contributed by atoms with van der Waals surface area (Å²) in [6.45, 7) is 8.71. The number of carbonyl (C=O) groups excluding carboxylic acids is 2. The van der Waals surface area contributed by atoms with Crippen LogP contribution in [0.15, 0.2) is 58.9 Å². The van der Waals surface area contributed by atoms with Gasteiger partial charge in [0.05, 0.1) is 5.54 Å². The second kappa shape index (κ2) is 11.2. The molecule has 1 heterocycles. The highest BCUT2D eigenvalue weighted by Crippen LogP contribution is 2.49. The zero-order valence-electron chi connectivity index (χ0n) is 23.0. The van der Waals surface area contributed by atoms with E-state index in [4.69, 9.17) is 0 Å². The Bertz CT molecular complexity index is 1050. The molecule has 37 heavy (non-hydrogen) atoms. The molecule has 0 radical (unpaired) electrons. The van der Waals surface area contributed by atoms with Gasteiger partial charge in [-0.3, -0.25) is 14.7 Å². The third-order valence-electron chi connectivity index (χ3n) is 8.94. The molecule has 3 amide bonds. The van der Waals surface area contributed by atoms with Gasteiger partial charge in [0.25, 0.3) is 0 Å². The van der Waals surface area contributed by atoms with Crippen molar-refractivity contribution in [3.63, 3.8) is 0 Å². The summed E-state index contributed by atoms with van der Waals surface area (Å²) < 4.78 is 0. The van der Waals surface area contributed by atoms with Crippen LogP contribution in [0.2, 0.25) is 0 Å². The van der Waals surface area contributed by atoms with Gasteiger partial charge < -0.3 is 15.1 Å². The molecule has 3 fully saturated rings. The third kappa shape index (κ3) is 5.52. The highest BCUT2D eigenvalue weighted by molar-refractivity contribution is 5.87. The van der Waals surface area contributed by atoms with Crippen molar-refractivity contribution in [1.29, 1.82) is 0 Å². The van der Waals surface area contributed by atoms with Crippen molar-refractivity contribution in [1.82, 2.24) is 20.0 Å². The summed E-state index contributed by atoms with van der Waals surface area (Å²) in [4.78, 5) is 36.9. The quantitative estimate of drug-likeness (QED) is 0.383. The first-order chi connectivity index (χ1) is 17.7. The normalized spacial score (nSPS) is 27.1. The number of rotatable bonds is 9. The predicted octanol–water partition coefficient (Wildman–Crippen LogP) is 4.92. The Morgan fingerprint density at radius 1 is 1.19 bits per heavy atom. The smallest absolute Gasteiger partial charge is 0.321 e. The van der Waals surface area contributed by atoms with E-state index in [0.29, 0.717) is 18.2 Å². The molecule has 7 heteroatoms. The summed E-state index contributed by atoms with van der Waals surface area (Å²) in [5.74, 6) is 0.399. The van der Waals surface area contributed by atoms with Crippen molar-refractivity contribution in [2.45, 2.75) is 69.9 Å². The third-order valence-corrected chi connectivity index (χ3v) is 8.94. The van der Waals surface area contributed by atoms with Crippen molar-refractivity contribution in [2.24, 2.45) is 10.9 Å². The Morgan fingerprint density at radius 3 is 2.41 bits per heavy atom. The summed E-state index contributed by atoms with van der Waals surface area (Å²) in [6.07, 6.45) is 11.1. The predicted molar refractivity (Wildman–Crippen MR) is 149 cm³/mol. The lowest BCUT2D eigenvalue weighted by Crippen LogP contribution is -2.56. The van der Waals surface area contributed by atoms with Gasteiger partial charge in [0, 0.05) is 30.0 Å². The molecule has 1 aromatic rings. The van der Waals surface area contributed by atoms with E-state index in [1.807, 2.05) is 19.9 Å². The van der Waals surface area contributed by atoms with Crippen molar-refractivity contribution in [3.8, 4) is 0 Å². The summed E-state index contributed by atoms with van der Waals surface area (Å²) in [5.41, 5.74) is 2.48. The van der Waals surface area contributed by atoms with E-state index in [1.54, 1.807) is 11.0 Å². The SMILES string of the molecule is C=N/C(C)=C\C(=C/C)NC(=O)CN1CC2(CCC(c3ccccc3)(N(C)C)CC2)N(CC2CCC2)C1=O. The van der Waals surface area contributed by atoms with Gasteiger partial charge >= 0.3 is 6.03 Å². The highest BCUT2D eigenvalue weighted by Gasteiger charge is 2.55. The van der Waals surface area contributed by atoms with Gasteiger partial charge in [-0.05, 0) is 90.7 Å². The largest absolute Gasteiger partial charge is 0.325 e. The van der Waals surface area contributed by atoms with Crippen molar-refractivity contribution in [2.75, 3.05) is 33.7 Å². The van der Waals surface area contributed by atoms with Crippen molar-refractivity contribution in [3.05, 3.63) is 59.4 Å². The molecule has 4 rings (SSSR count). The molecule has 1 aliphatic heterocycles. The van der Waals surface area contributed by atoms with Crippen LogP contribution in [0.5, 0.6) is 0 Å². The van der Waals surface area contributed by atoms with Gasteiger partial charge in [0.15, 0.2) is 0 Å². The molecular weight excluding hydrogens is 462 g/mol. The second-order valence-electron chi connectivity index (χ2n) is 11.3. The molecule has 0 atom stereocenters. The van der Waals surface area contributed by atoms with E-state index in [2.05, 4.69) is 71.3 Å². The van der Waals surface area contributed by atoms with Gasteiger partial charge in [0.2, 0.25) is 5.91 Å². The Morgan fingerprint density at radius 2 is 1.86 bits per heavy atom. The first-order valence-electron chi connectivity index (χ1n) is 13.6. The molecule has 1 saturated heterocycles. The number of benzene rings is 1. The van der Waals surface area contributed by atoms with Gasteiger partial charge in [-0.1, -0.05) is 42.8 Å². The number of urea groups is 1. The maximum atomic E-state index is 13.7. The molecule has 0 unspecified atom stereocenters. The first-order valence-corrected chi connectivity index (χ1v) is 13.6. The summed E-state index contributed by atoms with van der Waals surface area (Å²) in [5, 5.41) is 2.94. The van der Waals surface area contributed by atoms with Crippen molar-refractivity contribution < 1.29 is 9.59 Å². The van der Waals surface area contributed by atoms with Gasteiger partial charge in [0.1, 0.15) is 6.54 Å². The minimum absolute atomic E-state index is 0.0145. The average molecular weight is 506 g/mol. The van der Waals surface area contributed by atoms with Crippen LogP contribution in [0.1, 0.15) is 64.4 Å². The van der Waals surface area contributed by atoms with Crippen LogP contribution in [0.25, 0.3) is 0 Å². The van der Waals surface area contributed by atoms with Crippen molar-refractivity contribution >= 4 is 18.7 Å². The standard InChI is InChI=1S/C30H43N5O2/c1-6-26(19-23(2)31-3)32-27(36)21-34-22-29(35(28(34)37)20-24-11-10-12-24)15-17-30(18-16-29,33(4)5)25-13-8-7-9-14-25/h6-9,13-14,19,24H,3,10-12,15-18,20-22H2,1-2,4-5H3,(H,32,36)/b23-19-,26-6+. The lowest BCUT2D eigenvalue weighted by atomic mass is 9.68. The number of nitrogens with zero attached hydrogens (tertiary/aromatic N) is 4. The molecule has 0 bridgehead atoms. The van der Waals surface area contributed by atoms with Crippen LogP contribution in [-0.2, 0) is 10.3 Å². The fraction of sp³-hybridized carbons (Fsp3) is 0.567. The molecular formula is C30H43N5O2. The Balaban J connectivity index is 1.52. The monoisotopic (exact) mass is 505 g/mol. The minimum Gasteiger partial charge on any atom is -0.325 e. The van der Waals surface area contributed by atoms with Gasteiger partial charge in [-0.15, -0.1) is 0 Å². The molecule has 1 N–H and O–H groups in total. The van der Waals surface area contributed by atoms with Crippen LogP contribution >= 0.6 is 0 Å². The number of hydrogen-bond acceptors (Lipinski definition) is 4. The molecule has 0 aromatic heterocycles. The van der Waals surface area contributed by atoms with Crippen LogP contribution in [0.3, 0.4) is 0 Å². The Hall–Kier alpha value is -2.93. The van der Waals surface area contributed by atoms with Crippen LogP contribution in [0, 0.1) is 5.92 Å². The number of carbonyl (C=O) groups is 2. The number of aliphatic imine (C=N–C) groups is 1. The van der Waals surface area contributed by atoms with E-state index in [0.717, 1.165) is 37.9 Å². The molecule has 200 valence electrons. The summed E-state index contributed by atoms with van der Waals surface area (Å²) >= 11 is 0. The molecule has 1 aromatic carbocycles. The lowest BCUT2D eigenvalue weighted by molar-refractivity contribution is -0.120. The number of amides is 3. The summed E-state index contributed by atoms with van der Waals surface area (Å²) in [6, 6.07) is 10.8. The second-order valence-corrected chi connectivity index (χ2v) is 11.3. The number of nitrogens with one attached hydrogen (secondary N) is 1. The molecule has 7 nitrogen and oxygen atoms in total. The van der Waals surface area contributed by atoms with E-state index in [9.17, 15) is 9.59 Å². The highest BCUT2D eigenvalue weighted by atomic mass is 16.2. The number of hydrogen-bond donors (Lipinski definition) is 1. The molecule has 1 spiro atoms. The Kier molecular flexibility index (Phi) is 8.22. The molecule has 2 saturated carbocycles. The fourth-order valence-corrected chi connectivity index (χ4v) is 6.35. The Labute approximate surface area is 222 Å².